The van der Waals surface area contributed by atoms with Gasteiger partial charge < -0.3 is 15.2 Å². The van der Waals surface area contributed by atoms with Gasteiger partial charge in [-0.1, -0.05) is 0 Å². The monoisotopic (exact) mass is 304 g/mol. The number of aliphatic hydroxyl groups is 1. The van der Waals surface area contributed by atoms with Crippen LogP contribution in [0.2, 0.25) is 0 Å². The van der Waals surface area contributed by atoms with Crippen molar-refractivity contribution in [3.05, 3.63) is 39.4 Å². The Labute approximate surface area is 118 Å². The highest BCUT2D eigenvalue weighted by atomic mass is 19.1. The predicted octanol–water partition coefficient (Wildman–Crippen LogP) is 1.00. The average Bonchev–Trinajstić information content (AvgIpc) is 2.38. The number of hydrogen-bond acceptors (Lipinski definition) is 5. The Morgan fingerprint density at radius 1 is 1.52 bits per heavy atom. The number of nitro benzene ring substituents is 1. The number of ether oxygens (including phenoxy) is 1. The van der Waals surface area contributed by atoms with Crippen LogP contribution < -0.4 is 5.32 Å². The summed E-state index contributed by atoms with van der Waals surface area (Å²) in [5.41, 5.74) is -2.01. The molecule has 0 radical (unpaired) electrons. The van der Waals surface area contributed by atoms with E-state index in [1.807, 2.05) is 0 Å². The van der Waals surface area contributed by atoms with Crippen LogP contribution in [0, 0.1) is 21.7 Å². The van der Waals surface area contributed by atoms with Crippen molar-refractivity contribution in [2.24, 2.45) is 0 Å². The van der Waals surface area contributed by atoms with Crippen LogP contribution in [-0.2, 0) is 4.74 Å². The molecule has 0 heterocycles. The van der Waals surface area contributed by atoms with Gasteiger partial charge in [-0.15, -0.1) is 0 Å². The molecule has 0 saturated heterocycles. The number of aliphatic hydroxyl groups excluding tert-OH is 1. The number of benzene rings is 1. The first kappa shape index (κ1) is 16.9. The fourth-order valence-electron chi connectivity index (χ4n) is 1.61. The molecule has 0 aromatic heterocycles. The van der Waals surface area contributed by atoms with Crippen LogP contribution >= 0.6 is 0 Å². The van der Waals surface area contributed by atoms with Gasteiger partial charge >= 0.3 is 5.69 Å². The lowest BCUT2D eigenvalue weighted by atomic mass is 10.1. The second kappa shape index (κ2) is 7.60. The topological polar surface area (TPSA) is 102 Å². The van der Waals surface area contributed by atoms with Gasteiger partial charge in [0.2, 0.25) is 5.82 Å². The lowest BCUT2D eigenvalue weighted by Gasteiger charge is -2.10. The highest BCUT2D eigenvalue weighted by Gasteiger charge is 2.26. The van der Waals surface area contributed by atoms with Crippen LogP contribution in [0.4, 0.5) is 14.5 Å². The molecule has 0 fully saturated rings. The first-order valence-electron chi connectivity index (χ1n) is 5.96. The molecular weight excluding hydrogens is 290 g/mol. The zero-order chi connectivity index (χ0) is 16.0. The number of amides is 1. The van der Waals surface area contributed by atoms with E-state index in [9.17, 15) is 28.8 Å². The van der Waals surface area contributed by atoms with E-state index >= 15 is 0 Å². The van der Waals surface area contributed by atoms with E-state index in [-0.39, 0.29) is 19.6 Å². The Hall–Kier alpha value is -2.13. The van der Waals surface area contributed by atoms with Gasteiger partial charge in [-0.3, -0.25) is 14.9 Å². The molecule has 7 nitrogen and oxygen atoms in total. The largest absolute Gasteiger partial charge is 0.391 e. The minimum atomic E-state index is -1.53. The third-order valence-corrected chi connectivity index (χ3v) is 2.62. The SMILES string of the molecule is COCC(O)CCNC(=O)c1c(F)ccc([N+](=O)[O-])c1F. The zero-order valence-corrected chi connectivity index (χ0v) is 11.1. The second-order valence-electron chi connectivity index (χ2n) is 4.17. The van der Waals surface area contributed by atoms with Crippen LogP contribution in [0.1, 0.15) is 16.8 Å². The summed E-state index contributed by atoms with van der Waals surface area (Å²) in [4.78, 5) is 21.2. The van der Waals surface area contributed by atoms with E-state index in [0.717, 1.165) is 0 Å². The maximum Gasteiger partial charge on any atom is 0.305 e. The van der Waals surface area contributed by atoms with Crippen molar-refractivity contribution in [3.63, 3.8) is 0 Å². The van der Waals surface area contributed by atoms with E-state index in [4.69, 9.17) is 0 Å². The van der Waals surface area contributed by atoms with Crippen molar-refractivity contribution in [3.8, 4) is 0 Å². The number of nitrogens with zero attached hydrogens (tertiary/aromatic N) is 1. The maximum atomic E-state index is 13.7. The molecule has 116 valence electrons. The molecule has 21 heavy (non-hydrogen) atoms. The number of nitro groups is 1. The summed E-state index contributed by atoms with van der Waals surface area (Å²) in [7, 11) is 1.38. The van der Waals surface area contributed by atoms with Crippen molar-refractivity contribution in [1.29, 1.82) is 0 Å². The highest BCUT2D eigenvalue weighted by molar-refractivity contribution is 5.95. The number of methoxy groups -OCH3 is 1. The summed E-state index contributed by atoms with van der Waals surface area (Å²) in [5.74, 6) is -3.86. The summed E-state index contributed by atoms with van der Waals surface area (Å²) in [6, 6.07) is 1.29. The summed E-state index contributed by atoms with van der Waals surface area (Å²) in [6.07, 6.45) is -0.729. The highest BCUT2D eigenvalue weighted by Crippen LogP contribution is 2.22. The van der Waals surface area contributed by atoms with Crippen LogP contribution in [0.3, 0.4) is 0 Å². The van der Waals surface area contributed by atoms with Crippen molar-refractivity contribution in [1.82, 2.24) is 5.32 Å². The molecule has 0 spiro atoms. The molecule has 1 aromatic rings. The van der Waals surface area contributed by atoms with Gasteiger partial charge in [-0.25, -0.2) is 4.39 Å². The normalized spacial score (nSPS) is 12.0. The van der Waals surface area contributed by atoms with Crippen molar-refractivity contribution in [2.45, 2.75) is 12.5 Å². The molecule has 1 unspecified atom stereocenters. The molecule has 0 aliphatic rings. The van der Waals surface area contributed by atoms with E-state index in [1.54, 1.807) is 0 Å². The van der Waals surface area contributed by atoms with Crippen molar-refractivity contribution < 1.29 is 28.3 Å². The van der Waals surface area contributed by atoms with Gasteiger partial charge in [0.1, 0.15) is 11.4 Å². The van der Waals surface area contributed by atoms with E-state index in [1.165, 1.54) is 7.11 Å². The quantitative estimate of drug-likeness (QED) is 0.578. The minimum absolute atomic E-state index is 0.0510. The first-order valence-corrected chi connectivity index (χ1v) is 5.96. The first-order chi connectivity index (χ1) is 9.88. The lowest BCUT2D eigenvalue weighted by Crippen LogP contribution is -2.30. The Balaban J connectivity index is 2.78. The molecule has 2 N–H and O–H groups in total. The molecule has 0 aliphatic heterocycles. The molecule has 1 amide bonds. The Bertz CT molecular complexity index is 539. The number of carbonyl (C=O) groups is 1. The summed E-state index contributed by atoms with van der Waals surface area (Å²) < 4.78 is 31.9. The van der Waals surface area contributed by atoms with E-state index < -0.39 is 39.8 Å². The van der Waals surface area contributed by atoms with Gasteiger partial charge in [0.25, 0.3) is 5.91 Å². The second-order valence-corrected chi connectivity index (χ2v) is 4.17. The third-order valence-electron chi connectivity index (χ3n) is 2.62. The van der Waals surface area contributed by atoms with E-state index in [2.05, 4.69) is 10.1 Å². The predicted molar refractivity (Wildman–Crippen MR) is 67.8 cm³/mol. The van der Waals surface area contributed by atoms with Gasteiger partial charge in [0.05, 0.1) is 17.6 Å². The van der Waals surface area contributed by atoms with Crippen LogP contribution in [-0.4, -0.2) is 42.3 Å². The fraction of sp³-hybridized carbons (Fsp3) is 0.417. The van der Waals surface area contributed by atoms with Crippen LogP contribution in [0.5, 0.6) is 0 Å². The van der Waals surface area contributed by atoms with E-state index in [0.29, 0.717) is 12.1 Å². The van der Waals surface area contributed by atoms with Gasteiger partial charge in [0, 0.05) is 19.7 Å². The molecule has 1 rings (SSSR count). The maximum absolute atomic E-state index is 13.7. The number of rotatable bonds is 7. The third kappa shape index (κ3) is 4.43. The molecule has 0 bridgehead atoms. The molecule has 1 atom stereocenters. The number of halogens is 2. The summed E-state index contributed by atoms with van der Waals surface area (Å²) in [6.45, 7) is -0.0136. The molecule has 0 aliphatic carbocycles. The number of nitrogens with one attached hydrogen (secondary N) is 1. The minimum Gasteiger partial charge on any atom is -0.391 e. The number of carbonyl (C=O) groups excluding carboxylic acids is 1. The van der Waals surface area contributed by atoms with Crippen molar-refractivity contribution >= 4 is 11.6 Å². The molecule has 1 aromatic carbocycles. The van der Waals surface area contributed by atoms with Crippen LogP contribution in [0.25, 0.3) is 0 Å². The van der Waals surface area contributed by atoms with Crippen molar-refractivity contribution in [2.75, 3.05) is 20.3 Å². The molecule has 0 saturated carbocycles. The zero-order valence-electron chi connectivity index (χ0n) is 11.1. The Kier molecular flexibility index (Phi) is 6.12. The van der Waals surface area contributed by atoms with Gasteiger partial charge in [0.15, 0.2) is 0 Å². The van der Waals surface area contributed by atoms with Gasteiger partial charge in [-0.05, 0) is 12.5 Å². The summed E-state index contributed by atoms with van der Waals surface area (Å²) >= 11 is 0. The van der Waals surface area contributed by atoms with Gasteiger partial charge in [-0.2, -0.15) is 4.39 Å². The average molecular weight is 304 g/mol. The lowest BCUT2D eigenvalue weighted by molar-refractivity contribution is -0.387. The smallest absolute Gasteiger partial charge is 0.305 e. The Morgan fingerprint density at radius 3 is 2.76 bits per heavy atom. The molecular formula is C12H14F2N2O5. The molecule has 9 heteroatoms. The van der Waals surface area contributed by atoms with Crippen LogP contribution in [0.15, 0.2) is 12.1 Å². The fourth-order valence-corrected chi connectivity index (χ4v) is 1.61. The summed E-state index contributed by atoms with van der Waals surface area (Å²) in [5, 5.41) is 22.1. The number of hydrogen-bond donors (Lipinski definition) is 2. The Morgan fingerprint density at radius 2 is 2.19 bits per heavy atom. The standard InChI is InChI=1S/C12H14F2N2O5/c1-21-6-7(17)4-5-15-12(18)10-8(13)2-3-9(11(10)14)16(19)20/h2-3,7,17H,4-6H2,1H3,(H,15,18).